The number of piperidine rings is 1. The minimum Gasteiger partial charge on any atom is -0.341 e. The third-order valence-electron chi connectivity index (χ3n) is 5.33. The van der Waals surface area contributed by atoms with Gasteiger partial charge < -0.3 is 9.88 Å². The maximum Gasteiger partial charge on any atom is 0.416 e. The van der Waals surface area contributed by atoms with Crippen molar-refractivity contribution < 1.29 is 18.0 Å². The number of H-pyrrole nitrogens is 1. The van der Waals surface area contributed by atoms with E-state index in [1.54, 1.807) is 15.6 Å². The first-order valence-corrected chi connectivity index (χ1v) is 9.60. The number of rotatable bonds is 3. The normalized spacial score (nSPS) is 17.5. The van der Waals surface area contributed by atoms with E-state index in [-0.39, 0.29) is 24.2 Å². The molecule has 1 N–H and O–H groups in total. The van der Waals surface area contributed by atoms with Gasteiger partial charge in [0.05, 0.1) is 17.8 Å². The van der Waals surface area contributed by atoms with E-state index in [0.717, 1.165) is 25.0 Å². The molecule has 0 bridgehead atoms. The van der Waals surface area contributed by atoms with Gasteiger partial charge in [0, 0.05) is 26.4 Å². The molecule has 1 amide bonds. The predicted octanol–water partition coefficient (Wildman–Crippen LogP) is 2.91. The van der Waals surface area contributed by atoms with Gasteiger partial charge in [-0.15, -0.1) is 0 Å². The van der Waals surface area contributed by atoms with Gasteiger partial charge in [0.25, 0.3) is 5.56 Å². The smallest absolute Gasteiger partial charge is 0.341 e. The van der Waals surface area contributed by atoms with Crippen molar-refractivity contribution in [1.82, 2.24) is 24.6 Å². The van der Waals surface area contributed by atoms with E-state index in [4.69, 9.17) is 0 Å². The highest BCUT2D eigenvalue weighted by Gasteiger charge is 2.30. The van der Waals surface area contributed by atoms with Gasteiger partial charge in [0.15, 0.2) is 5.65 Å². The van der Waals surface area contributed by atoms with Crippen LogP contribution in [0.3, 0.4) is 0 Å². The molecular weight excluding hydrogens is 399 g/mol. The van der Waals surface area contributed by atoms with Gasteiger partial charge in [-0.2, -0.15) is 18.3 Å². The number of hydrogen-bond donors (Lipinski definition) is 1. The fraction of sp³-hybridized carbons (Fsp3) is 0.400. The maximum absolute atomic E-state index is 13.0. The first-order valence-electron chi connectivity index (χ1n) is 9.60. The number of benzene rings is 1. The van der Waals surface area contributed by atoms with Crippen LogP contribution in [0, 0.1) is 0 Å². The number of nitrogens with zero attached hydrogens (tertiary/aromatic N) is 4. The third-order valence-corrected chi connectivity index (χ3v) is 5.33. The molecule has 1 aromatic carbocycles. The number of carbonyl (C=O) groups is 1. The minimum atomic E-state index is -4.44. The van der Waals surface area contributed by atoms with Gasteiger partial charge in [-0.1, -0.05) is 18.2 Å². The first-order chi connectivity index (χ1) is 14.2. The predicted molar refractivity (Wildman–Crippen MR) is 103 cm³/mol. The number of halogens is 3. The van der Waals surface area contributed by atoms with Crippen LogP contribution < -0.4 is 5.56 Å². The topological polar surface area (TPSA) is 83.9 Å². The second-order valence-corrected chi connectivity index (χ2v) is 7.48. The minimum absolute atomic E-state index is 0.0211. The maximum atomic E-state index is 13.0. The van der Waals surface area contributed by atoms with Crippen LogP contribution in [-0.2, 0) is 17.4 Å². The van der Waals surface area contributed by atoms with Crippen LogP contribution in [0.5, 0.6) is 0 Å². The summed E-state index contributed by atoms with van der Waals surface area (Å²) < 4.78 is 40.6. The second kappa shape index (κ2) is 7.58. The molecule has 4 rings (SSSR count). The average molecular weight is 419 g/mol. The number of nitrogens with one attached hydrogen (secondary N) is 1. The van der Waals surface area contributed by atoms with E-state index in [2.05, 4.69) is 15.1 Å². The Kier molecular flexibility index (Phi) is 5.08. The highest BCUT2D eigenvalue weighted by Crippen LogP contribution is 2.30. The van der Waals surface area contributed by atoms with Gasteiger partial charge >= 0.3 is 6.18 Å². The van der Waals surface area contributed by atoms with Crippen molar-refractivity contribution >= 4 is 16.9 Å². The van der Waals surface area contributed by atoms with Crippen LogP contribution in [0.1, 0.15) is 42.8 Å². The summed E-state index contributed by atoms with van der Waals surface area (Å²) >= 11 is 0. The Morgan fingerprint density at radius 1 is 1.33 bits per heavy atom. The lowest BCUT2D eigenvalue weighted by Gasteiger charge is -2.32. The number of alkyl halides is 3. The van der Waals surface area contributed by atoms with E-state index in [0.29, 0.717) is 29.7 Å². The Morgan fingerprint density at radius 3 is 2.87 bits per heavy atom. The van der Waals surface area contributed by atoms with E-state index in [1.165, 1.54) is 19.2 Å². The molecule has 1 unspecified atom stereocenters. The third kappa shape index (κ3) is 3.94. The molecule has 7 nitrogen and oxygen atoms in total. The number of hydrogen-bond acceptors (Lipinski definition) is 4. The molecule has 3 aromatic rings. The van der Waals surface area contributed by atoms with Gasteiger partial charge in [0.1, 0.15) is 11.2 Å². The molecule has 30 heavy (non-hydrogen) atoms. The Morgan fingerprint density at radius 2 is 2.13 bits per heavy atom. The lowest BCUT2D eigenvalue weighted by atomic mass is 10.1. The molecule has 0 radical (unpaired) electrons. The highest BCUT2D eigenvalue weighted by molar-refractivity contribution is 5.74. The van der Waals surface area contributed by atoms with Crippen LogP contribution in [0.2, 0.25) is 0 Å². The number of aromatic amines is 1. The molecule has 1 atom stereocenters. The quantitative estimate of drug-likeness (QED) is 0.708. The van der Waals surface area contributed by atoms with E-state index in [9.17, 15) is 22.8 Å². The summed E-state index contributed by atoms with van der Waals surface area (Å²) in [5.41, 5.74) is -0.387. The molecule has 1 aliphatic heterocycles. The zero-order chi connectivity index (χ0) is 21.5. The zero-order valence-corrected chi connectivity index (χ0v) is 16.2. The van der Waals surface area contributed by atoms with Crippen molar-refractivity contribution in [2.75, 3.05) is 13.1 Å². The summed E-state index contributed by atoms with van der Waals surface area (Å²) in [4.78, 5) is 33.1. The van der Waals surface area contributed by atoms with Crippen molar-refractivity contribution in [3.63, 3.8) is 0 Å². The van der Waals surface area contributed by atoms with Gasteiger partial charge in [-0.3, -0.25) is 9.59 Å². The fourth-order valence-corrected chi connectivity index (χ4v) is 3.82. The van der Waals surface area contributed by atoms with Gasteiger partial charge in [-0.25, -0.2) is 9.67 Å². The summed E-state index contributed by atoms with van der Waals surface area (Å²) in [7, 11) is 0. The number of carbonyl (C=O) groups excluding carboxylic acids is 1. The summed E-state index contributed by atoms with van der Waals surface area (Å²) in [6, 6.07) is 4.82. The van der Waals surface area contributed by atoms with Crippen LogP contribution >= 0.6 is 0 Å². The summed E-state index contributed by atoms with van der Waals surface area (Å²) in [5, 5.41) is 4.62. The molecule has 158 valence electrons. The molecule has 2 aromatic heterocycles. The van der Waals surface area contributed by atoms with Crippen molar-refractivity contribution in [3.05, 3.63) is 57.8 Å². The zero-order valence-electron chi connectivity index (χ0n) is 16.2. The van der Waals surface area contributed by atoms with Crippen molar-refractivity contribution in [2.24, 2.45) is 0 Å². The Bertz CT molecular complexity index is 1150. The standard InChI is InChI=1S/C20H20F3N5O2/c1-12(29)27-7-3-6-15(11-27)28-18-16(10-24-28)19(30)26-17(25-18)9-13-4-2-5-14(8-13)20(21,22)23/h2,4-5,8,10,15H,3,6-7,9,11H2,1H3,(H,25,26,30). The van der Waals surface area contributed by atoms with E-state index >= 15 is 0 Å². The molecule has 1 fully saturated rings. The number of likely N-dealkylation sites (tertiary alicyclic amines) is 1. The van der Waals surface area contributed by atoms with Crippen molar-refractivity contribution in [3.8, 4) is 0 Å². The van der Waals surface area contributed by atoms with Crippen molar-refractivity contribution in [2.45, 2.75) is 38.4 Å². The number of amides is 1. The summed E-state index contributed by atoms with van der Waals surface area (Å²) in [6.07, 6.45) is -1.36. The summed E-state index contributed by atoms with van der Waals surface area (Å²) in [5.74, 6) is 0.236. The van der Waals surface area contributed by atoms with Gasteiger partial charge in [-0.05, 0) is 24.5 Å². The summed E-state index contributed by atoms with van der Waals surface area (Å²) in [6.45, 7) is 2.67. The number of fused-ring (bicyclic) bond motifs is 1. The van der Waals surface area contributed by atoms with E-state index in [1.807, 2.05) is 0 Å². The largest absolute Gasteiger partial charge is 0.416 e. The molecule has 0 aliphatic carbocycles. The molecule has 0 saturated carbocycles. The Hall–Kier alpha value is -3.17. The van der Waals surface area contributed by atoms with Crippen LogP contribution in [-0.4, -0.2) is 43.6 Å². The Balaban J connectivity index is 1.67. The lowest BCUT2D eigenvalue weighted by molar-refractivity contribution is -0.137. The monoisotopic (exact) mass is 419 g/mol. The highest BCUT2D eigenvalue weighted by atomic mass is 19.4. The number of aromatic nitrogens is 4. The lowest BCUT2D eigenvalue weighted by Crippen LogP contribution is -2.39. The van der Waals surface area contributed by atoms with Crippen LogP contribution in [0.4, 0.5) is 13.2 Å². The second-order valence-electron chi connectivity index (χ2n) is 7.48. The van der Waals surface area contributed by atoms with Crippen LogP contribution in [0.15, 0.2) is 35.3 Å². The molecule has 0 spiro atoms. The molecule has 1 saturated heterocycles. The molecule has 1 aliphatic rings. The van der Waals surface area contributed by atoms with E-state index < -0.39 is 17.3 Å². The van der Waals surface area contributed by atoms with Crippen LogP contribution in [0.25, 0.3) is 11.0 Å². The molecule has 3 heterocycles. The average Bonchev–Trinajstić information content (AvgIpc) is 3.12. The fourth-order valence-electron chi connectivity index (χ4n) is 3.82. The Labute approximate surface area is 169 Å². The van der Waals surface area contributed by atoms with Crippen molar-refractivity contribution in [1.29, 1.82) is 0 Å². The SMILES string of the molecule is CC(=O)N1CCCC(n2ncc3c(=O)[nH]c(Cc4cccc(C(F)(F)F)c4)nc32)C1. The molecular formula is C20H20F3N5O2. The van der Waals surface area contributed by atoms with Gasteiger partial charge in [0.2, 0.25) is 5.91 Å². The first kappa shape index (κ1) is 20.1. The molecule has 10 heteroatoms.